The van der Waals surface area contributed by atoms with E-state index in [2.05, 4.69) is 4.99 Å². The fourth-order valence-corrected chi connectivity index (χ4v) is 0.945. The predicted octanol–water partition coefficient (Wildman–Crippen LogP) is 0.668. The van der Waals surface area contributed by atoms with Crippen molar-refractivity contribution in [3.8, 4) is 0 Å². The molecule has 0 unspecified atom stereocenters. The minimum Gasteiger partial charge on any atom is -0.479 e. The maximum atomic E-state index is 5.53. The highest BCUT2D eigenvalue weighted by molar-refractivity contribution is 5.78. The summed E-state index contributed by atoms with van der Waals surface area (Å²) in [5.41, 5.74) is 6.55. The van der Waals surface area contributed by atoms with Crippen LogP contribution < -0.4 is 5.73 Å². The van der Waals surface area contributed by atoms with Crippen molar-refractivity contribution in [1.82, 2.24) is 0 Å². The normalized spacial score (nSPS) is 19.7. The smallest absolute Gasteiger partial charge is 0.188 e. The summed E-state index contributed by atoms with van der Waals surface area (Å²) in [4.78, 5) is 3.87. The van der Waals surface area contributed by atoms with Gasteiger partial charge < -0.3 is 10.5 Å². The van der Waals surface area contributed by atoms with Crippen molar-refractivity contribution in [2.45, 2.75) is 12.8 Å². The number of ether oxygens (including phenoxy) is 1. The molecular weight excluding hydrogens is 128 g/mol. The summed E-state index contributed by atoms with van der Waals surface area (Å²) in [6.07, 6.45) is 3.79. The predicted molar refractivity (Wildman–Crippen MR) is 40.8 cm³/mol. The van der Waals surface area contributed by atoms with Gasteiger partial charge in [0.15, 0.2) is 5.88 Å². The van der Waals surface area contributed by atoms with Crippen molar-refractivity contribution >= 4 is 6.21 Å². The Kier molecular flexibility index (Phi) is 2.31. The van der Waals surface area contributed by atoms with Crippen LogP contribution in [0.1, 0.15) is 12.8 Å². The van der Waals surface area contributed by atoms with E-state index >= 15 is 0 Å². The average Bonchev–Trinajstić information content (AvgIpc) is 1.94. The molecule has 2 N–H and O–H groups in total. The number of nitrogens with zero attached hydrogens (tertiary/aromatic N) is 1. The molecule has 0 aromatic carbocycles. The van der Waals surface area contributed by atoms with Crippen molar-refractivity contribution in [2.24, 2.45) is 10.7 Å². The highest BCUT2D eigenvalue weighted by atomic mass is 16.5. The lowest BCUT2D eigenvalue weighted by molar-refractivity contribution is 0.188. The monoisotopic (exact) mass is 140 g/mol. The van der Waals surface area contributed by atoms with Crippen LogP contribution in [0.15, 0.2) is 16.4 Å². The van der Waals surface area contributed by atoms with Crippen LogP contribution in [0.3, 0.4) is 0 Å². The molecule has 0 saturated carbocycles. The first-order valence-electron chi connectivity index (χ1n) is 3.38. The lowest BCUT2D eigenvalue weighted by atomic mass is 10.1. The molecule has 0 radical (unpaired) electrons. The number of nitrogens with two attached hydrogens (primary N) is 1. The van der Waals surface area contributed by atoms with Gasteiger partial charge in [-0.05, 0) is 12.8 Å². The summed E-state index contributed by atoms with van der Waals surface area (Å²) in [6.45, 7) is 0.743. The van der Waals surface area contributed by atoms with Gasteiger partial charge in [0.25, 0.3) is 0 Å². The van der Waals surface area contributed by atoms with Gasteiger partial charge in [0, 0.05) is 18.8 Å². The highest BCUT2D eigenvalue weighted by Crippen LogP contribution is 2.12. The largest absolute Gasteiger partial charge is 0.479 e. The Balaban J connectivity index is 2.68. The Bertz CT molecular complexity index is 172. The molecule has 0 aliphatic carbocycles. The van der Waals surface area contributed by atoms with Gasteiger partial charge in [-0.15, -0.1) is 0 Å². The van der Waals surface area contributed by atoms with E-state index in [1.807, 2.05) is 0 Å². The standard InChI is InChI=1S/C7H12N2O/c1-9-5-6-3-2-4-10-7(6)8/h5H,2-4,8H2,1H3. The van der Waals surface area contributed by atoms with Gasteiger partial charge in [0.05, 0.1) is 6.61 Å². The molecule has 1 heterocycles. The highest BCUT2D eigenvalue weighted by Gasteiger charge is 2.07. The van der Waals surface area contributed by atoms with E-state index in [0.717, 1.165) is 25.0 Å². The molecule has 1 aliphatic rings. The molecule has 10 heavy (non-hydrogen) atoms. The quantitative estimate of drug-likeness (QED) is 0.544. The first kappa shape index (κ1) is 7.12. The summed E-state index contributed by atoms with van der Waals surface area (Å²) in [6, 6.07) is 0. The molecule has 0 aromatic rings. The number of rotatable bonds is 1. The molecule has 0 saturated heterocycles. The topological polar surface area (TPSA) is 47.6 Å². The second-order valence-electron chi connectivity index (χ2n) is 2.23. The fraction of sp³-hybridized carbons (Fsp3) is 0.571. The molecule has 3 nitrogen and oxygen atoms in total. The lowest BCUT2D eigenvalue weighted by Crippen LogP contribution is -2.14. The average molecular weight is 140 g/mol. The van der Waals surface area contributed by atoms with E-state index in [1.165, 1.54) is 0 Å². The van der Waals surface area contributed by atoms with E-state index in [0.29, 0.717) is 5.88 Å². The lowest BCUT2D eigenvalue weighted by Gasteiger charge is -2.14. The van der Waals surface area contributed by atoms with Crippen LogP contribution in [-0.2, 0) is 4.74 Å². The molecule has 0 bridgehead atoms. The summed E-state index contributed by atoms with van der Waals surface area (Å²) in [5.74, 6) is 0.539. The first-order chi connectivity index (χ1) is 4.84. The van der Waals surface area contributed by atoms with Gasteiger partial charge in [0.1, 0.15) is 0 Å². The first-order valence-corrected chi connectivity index (χ1v) is 3.38. The molecule has 0 amide bonds. The molecule has 0 atom stereocenters. The molecule has 56 valence electrons. The molecule has 1 rings (SSSR count). The third kappa shape index (κ3) is 1.50. The van der Waals surface area contributed by atoms with Crippen LogP contribution in [0, 0.1) is 0 Å². The van der Waals surface area contributed by atoms with Gasteiger partial charge in [-0.2, -0.15) is 0 Å². The Hall–Kier alpha value is -0.990. The van der Waals surface area contributed by atoms with Crippen molar-refractivity contribution in [3.63, 3.8) is 0 Å². The minimum atomic E-state index is 0.539. The van der Waals surface area contributed by atoms with E-state index in [-0.39, 0.29) is 0 Å². The third-order valence-electron chi connectivity index (χ3n) is 1.45. The molecule has 1 aliphatic heterocycles. The Labute approximate surface area is 60.6 Å². The summed E-state index contributed by atoms with van der Waals surface area (Å²) < 4.78 is 5.11. The maximum Gasteiger partial charge on any atom is 0.188 e. The van der Waals surface area contributed by atoms with Crippen LogP contribution in [0.2, 0.25) is 0 Å². The zero-order chi connectivity index (χ0) is 7.40. The van der Waals surface area contributed by atoms with Crippen molar-refractivity contribution in [1.29, 1.82) is 0 Å². The summed E-state index contributed by atoms with van der Waals surface area (Å²) in [7, 11) is 1.73. The number of hydrogen-bond acceptors (Lipinski definition) is 3. The van der Waals surface area contributed by atoms with Gasteiger partial charge in [-0.1, -0.05) is 0 Å². The van der Waals surface area contributed by atoms with Crippen LogP contribution in [0.25, 0.3) is 0 Å². The Morgan fingerprint density at radius 3 is 3.10 bits per heavy atom. The van der Waals surface area contributed by atoms with Crippen LogP contribution in [-0.4, -0.2) is 19.9 Å². The van der Waals surface area contributed by atoms with Gasteiger partial charge in [-0.3, -0.25) is 4.99 Å². The van der Waals surface area contributed by atoms with Crippen molar-refractivity contribution in [2.75, 3.05) is 13.7 Å². The van der Waals surface area contributed by atoms with E-state index < -0.39 is 0 Å². The fourth-order valence-electron chi connectivity index (χ4n) is 0.945. The maximum absolute atomic E-state index is 5.53. The van der Waals surface area contributed by atoms with E-state index in [1.54, 1.807) is 13.3 Å². The molecule has 3 heteroatoms. The van der Waals surface area contributed by atoms with Gasteiger partial charge in [-0.25, -0.2) is 0 Å². The van der Waals surface area contributed by atoms with Crippen LogP contribution >= 0.6 is 0 Å². The van der Waals surface area contributed by atoms with Crippen molar-refractivity contribution < 1.29 is 4.74 Å². The third-order valence-corrected chi connectivity index (χ3v) is 1.45. The molecule has 0 fully saturated rings. The van der Waals surface area contributed by atoms with Gasteiger partial charge >= 0.3 is 0 Å². The number of hydrogen-bond donors (Lipinski definition) is 1. The number of allylic oxidation sites excluding steroid dienone is 1. The summed E-state index contributed by atoms with van der Waals surface area (Å²) in [5, 5.41) is 0. The Morgan fingerprint density at radius 2 is 2.50 bits per heavy atom. The Morgan fingerprint density at radius 1 is 1.70 bits per heavy atom. The van der Waals surface area contributed by atoms with Crippen molar-refractivity contribution in [3.05, 3.63) is 11.5 Å². The summed E-state index contributed by atoms with van der Waals surface area (Å²) >= 11 is 0. The zero-order valence-corrected chi connectivity index (χ0v) is 6.13. The van der Waals surface area contributed by atoms with Gasteiger partial charge in [0.2, 0.25) is 0 Å². The van der Waals surface area contributed by atoms with E-state index in [4.69, 9.17) is 10.5 Å². The molecule has 0 spiro atoms. The molecular formula is C7H12N2O. The van der Waals surface area contributed by atoms with Crippen LogP contribution in [0.4, 0.5) is 0 Å². The van der Waals surface area contributed by atoms with E-state index in [9.17, 15) is 0 Å². The second kappa shape index (κ2) is 3.25. The number of aliphatic imine (C=N–C) groups is 1. The van der Waals surface area contributed by atoms with Crippen LogP contribution in [0.5, 0.6) is 0 Å². The minimum absolute atomic E-state index is 0.539. The SMILES string of the molecule is CN=CC1=C(N)OCCC1. The molecule has 0 aromatic heterocycles. The zero-order valence-electron chi connectivity index (χ0n) is 6.13. The second-order valence-corrected chi connectivity index (χ2v) is 2.23.